The van der Waals surface area contributed by atoms with E-state index in [0.717, 1.165) is 5.56 Å². The topological polar surface area (TPSA) is 67.8 Å². The number of amides is 1. The molecule has 0 aliphatic carbocycles. The number of anilines is 1. The molecule has 2 aromatic rings. The summed E-state index contributed by atoms with van der Waals surface area (Å²) in [4.78, 5) is 12.4. The maximum atomic E-state index is 12.4. The van der Waals surface area contributed by atoms with Crippen molar-refractivity contribution < 1.29 is 19.4 Å². The number of para-hydroxylation sites is 1. The normalized spacial score (nSPS) is 16.2. The molecular formula is C17H16ClNO4. The molecule has 0 bridgehead atoms. The van der Waals surface area contributed by atoms with Gasteiger partial charge in [0.15, 0.2) is 17.6 Å². The molecular weight excluding hydrogens is 318 g/mol. The van der Waals surface area contributed by atoms with Crippen LogP contribution in [-0.2, 0) is 11.2 Å². The van der Waals surface area contributed by atoms with E-state index >= 15 is 0 Å². The van der Waals surface area contributed by atoms with Crippen LogP contribution in [0.1, 0.15) is 12.0 Å². The number of aryl methyl sites for hydroxylation is 1. The third-order valence-electron chi connectivity index (χ3n) is 3.73. The first kappa shape index (κ1) is 15.5. The van der Waals surface area contributed by atoms with Crippen LogP contribution in [0.15, 0.2) is 36.4 Å². The van der Waals surface area contributed by atoms with Gasteiger partial charge in [-0.1, -0.05) is 23.7 Å². The molecule has 0 spiro atoms. The van der Waals surface area contributed by atoms with Gasteiger partial charge in [-0.3, -0.25) is 4.79 Å². The molecule has 1 amide bonds. The van der Waals surface area contributed by atoms with Crippen LogP contribution in [0.4, 0.5) is 5.69 Å². The Bertz CT molecular complexity index is 747. The van der Waals surface area contributed by atoms with E-state index in [1.165, 1.54) is 7.11 Å². The molecule has 2 N–H and O–H groups in total. The van der Waals surface area contributed by atoms with Crippen molar-refractivity contribution >= 4 is 23.2 Å². The molecule has 1 unspecified atom stereocenters. The highest BCUT2D eigenvalue weighted by molar-refractivity contribution is 6.33. The smallest absolute Gasteiger partial charge is 0.265 e. The molecule has 2 aromatic carbocycles. The monoisotopic (exact) mass is 333 g/mol. The predicted molar refractivity (Wildman–Crippen MR) is 87.5 cm³/mol. The van der Waals surface area contributed by atoms with Gasteiger partial charge in [0, 0.05) is 6.07 Å². The minimum absolute atomic E-state index is 0.0637. The van der Waals surface area contributed by atoms with Gasteiger partial charge in [0.25, 0.3) is 5.91 Å². The number of phenols is 1. The molecule has 3 rings (SSSR count). The summed E-state index contributed by atoms with van der Waals surface area (Å²) < 4.78 is 10.8. The Kier molecular flexibility index (Phi) is 4.30. The van der Waals surface area contributed by atoms with E-state index in [2.05, 4.69) is 5.32 Å². The minimum Gasteiger partial charge on any atom is -0.504 e. The van der Waals surface area contributed by atoms with Gasteiger partial charge in [0.2, 0.25) is 0 Å². The Morgan fingerprint density at radius 3 is 2.91 bits per heavy atom. The number of nitrogens with one attached hydrogen (secondary N) is 1. The molecule has 0 radical (unpaired) electrons. The van der Waals surface area contributed by atoms with E-state index in [1.54, 1.807) is 36.4 Å². The zero-order valence-corrected chi connectivity index (χ0v) is 13.3. The fourth-order valence-corrected chi connectivity index (χ4v) is 2.70. The number of phenolic OH excluding ortho intramolecular Hbond substituents is 1. The summed E-state index contributed by atoms with van der Waals surface area (Å²) in [5.41, 5.74) is 1.40. The number of fused-ring (bicyclic) bond motifs is 1. The second kappa shape index (κ2) is 6.38. The quantitative estimate of drug-likeness (QED) is 0.903. The Hall–Kier alpha value is -2.40. The van der Waals surface area contributed by atoms with Crippen molar-refractivity contribution in [3.8, 4) is 17.2 Å². The van der Waals surface area contributed by atoms with Crippen molar-refractivity contribution in [2.45, 2.75) is 18.9 Å². The SMILES string of the molecule is COc1cc2c(cc1O)CCC(C(=O)Nc1ccccc1Cl)O2. The van der Waals surface area contributed by atoms with Gasteiger partial charge in [-0.15, -0.1) is 0 Å². The van der Waals surface area contributed by atoms with Crippen molar-refractivity contribution in [1.82, 2.24) is 0 Å². The van der Waals surface area contributed by atoms with Gasteiger partial charge in [0.1, 0.15) is 5.75 Å². The van der Waals surface area contributed by atoms with Crippen molar-refractivity contribution in [1.29, 1.82) is 0 Å². The molecule has 0 fully saturated rings. The second-order valence-electron chi connectivity index (χ2n) is 5.25. The number of rotatable bonds is 3. The van der Waals surface area contributed by atoms with Crippen LogP contribution < -0.4 is 14.8 Å². The zero-order chi connectivity index (χ0) is 16.4. The largest absolute Gasteiger partial charge is 0.504 e. The lowest BCUT2D eigenvalue weighted by atomic mass is 10.0. The highest BCUT2D eigenvalue weighted by Gasteiger charge is 2.27. The lowest BCUT2D eigenvalue weighted by Crippen LogP contribution is -2.35. The summed E-state index contributed by atoms with van der Waals surface area (Å²) in [6.45, 7) is 0. The lowest BCUT2D eigenvalue weighted by molar-refractivity contribution is -0.123. The third-order valence-corrected chi connectivity index (χ3v) is 4.06. The molecule has 1 heterocycles. The summed E-state index contributed by atoms with van der Waals surface area (Å²) in [7, 11) is 1.46. The van der Waals surface area contributed by atoms with E-state index in [0.29, 0.717) is 35.1 Å². The molecule has 6 heteroatoms. The molecule has 1 aliphatic heterocycles. The molecule has 1 atom stereocenters. The summed E-state index contributed by atoms with van der Waals surface area (Å²) in [5.74, 6) is 0.672. The van der Waals surface area contributed by atoms with Crippen molar-refractivity contribution in [3.05, 3.63) is 47.0 Å². The number of ether oxygens (including phenoxy) is 2. The fourth-order valence-electron chi connectivity index (χ4n) is 2.52. The molecule has 0 saturated heterocycles. The summed E-state index contributed by atoms with van der Waals surface area (Å²) in [6.07, 6.45) is 0.538. The van der Waals surface area contributed by atoms with Crippen LogP contribution in [0.5, 0.6) is 17.2 Å². The zero-order valence-electron chi connectivity index (χ0n) is 12.5. The summed E-state index contributed by atoms with van der Waals surface area (Å²) in [5, 5.41) is 13.0. The van der Waals surface area contributed by atoms with E-state index in [9.17, 15) is 9.90 Å². The number of halogens is 1. The van der Waals surface area contributed by atoms with Crippen LogP contribution in [0.3, 0.4) is 0 Å². The van der Waals surface area contributed by atoms with E-state index in [4.69, 9.17) is 21.1 Å². The molecule has 23 heavy (non-hydrogen) atoms. The average molecular weight is 334 g/mol. The standard InChI is InChI=1S/C17H16ClNO4/c1-22-16-9-15-10(8-13(16)20)6-7-14(23-15)17(21)19-12-5-3-2-4-11(12)18/h2-5,8-9,14,20H,6-7H2,1H3,(H,19,21). The fraction of sp³-hybridized carbons (Fsp3) is 0.235. The highest BCUT2D eigenvalue weighted by atomic mass is 35.5. The molecule has 120 valence electrons. The second-order valence-corrected chi connectivity index (χ2v) is 5.65. The van der Waals surface area contributed by atoms with Crippen LogP contribution in [0, 0.1) is 0 Å². The Labute approximate surface area is 138 Å². The van der Waals surface area contributed by atoms with Gasteiger partial charge >= 0.3 is 0 Å². The molecule has 5 nitrogen and oxygen atoms in total. The number of hydrogen-bond acceptors (Lipinski definition) is 4. The highest BCUT2D eigenvalue weighted by Crippen LogP contribution is 2.37. The molecule has 1 aliphatic rings. The number of carbonyl (C=O) groups excluding carboxylic acids is 1. The third kappa shape index (κ3) is 3.19. The van der Waals surface area contributed by atoms with E-state index < -0.39 is 6.10 Å². The van der Waals surface area contributed by atoms with Gasteiger partial charge < -0.3 is 19.9 Å². The maximum Gasteiger partial charge on any atom is 0.265 e. The van der Waals surface area contributed by atoms with Gasteiger partial charge in [0.05, 0.1) is 17.8 Å². The van der Waals surface area contributed by atoms with Crippen LogP contribution in [0.25, 0.3) is 0 Å². The molecule has 0 aromatic heterocycles. The lowest BCUT2D eigenvalue weighted by Gasteiger charge is -2.26. The Balaban J connectivity index is 1.76. The first-order chi connectivity index (χ1) is 11.1. The van der Waals surface area contributed by atoms with Gasteiger partial charge in [-0.2, -0.15) is 0 Å². The Morgan fingerprint density at radius 2 is 2.17 bits per heavy atom. The minimum atomic E-state index is -0.618. The average Bonchev–Trinajstić information content (AvgIpc) is 2.55. The van der Waals surface area contributed by atoms with Crippen LogP contribution in [-0.4, -0.2) is 24.2 Å². The summed E-state index contributed by atoms with van der Waals surface area (Å²) in [6, 6.07) is 10.2. The number of carbonyl (C=O) groups is 1. The maximum absolute atomic E-state index is 12.4. The number of benzene rings is 2. The van der Waals surface area contributed by atoms with Gasteiger partial charge in [-0.25, -0.2) is 0 Å². The van der Waals surface area contributed by atoms with Crippen LogP contribution >= 0.6 is 11.6 Å². The summed E-state index contributed by atoms with van der Waals surface area (Å²) >= 11 is 6.05. The van der Waals surface area contributed by atoms with E-state index in [1.807, 2.05) is 0 Å². The van der Waals surface area contributed by atoms with Gasteiger partial charge in [-0.05, 0) is 36.6 Å². The van der Waals surface area contributed by atoms with Crippen molar-refractivity contribution in [3.63, 3.8) is 0 Å². The first-order valence-corrected chi connectivity index (χ1v) is 7.58. The predicted octanol–water partition coefficient (Wildman–Crippen LogP) is 3.39. The first-order valence-electron chi connectivity index (χ1n) is 7.20. The number of aromatic hydroxyl groups is 1. The van der Waals surface area contributed by atoms with Crippen molar-refractivity contribution in [2.75, 3.05) is 12.4 Å². The van der Waals surface area contributed by atoms with E-state index in [-0.39, 0.29) is 11.7 Å². The molecule has 0 saturated carbocycles. The Morgan fingerprint density at radius 1 is 1.39 bits per heavy atom. The number of hydrogen-bond donors (Lipinski definition) is 2. The number of methoxy groups -OCH3 is 1. The van der Waals surface area contributed by atoms with Crippen LogP contribution in [0.2, 0.25) is 5.02 Å². The van der Waals surface area contributed by atoms with Crippen molar-refractivity contribution in [2.24, 2.45) is 0 Å².